The van der Waals surface area contributed by atoms with E-state index in [1.165, 1.54) is 81.4 Å². The maximum absolute atomic E-state index is 6.29. The lowest BCUT2D eigenvalue weighted by molar-refractivity contribution is 0.420. The van der Waals surface area contributed by atoms with E-state index in [1.54, 1.807) is 0 Å². The van der Waals surface area contributed by atoms with Crippen LogP contribution in [0.3, 0.4) is 0 Å². The molecule has 2 nitrogen and oxygen atoms in total. The van der Waals surface area contributed by atoms with Gasteiger partial charge in [-0.05, 0) is 136 Å². The Bertz CT molecular complexity index is 2690. The van der Waals surface area contributed by atoms with E-state index in [0.717, 1.165) is 45.1 Å². The van der Waals surface area contributed by atoms with Crippen LogP contribution >= 0.6 is 0 Å². The second-order valence-electron chi connectivity index (χ2n) is 15.6. The summed E-state index contributed by atoms with van der Waals surface area (Å²) < 4.78 is 6.29. The molecule has 2 fully saturated rings. The van der Waals surface area contributed by atoms with Crippen molar-refractivity contribution >= 4 is 39.0 Å². The Morgan fingerprint density at radius 3 is 1.73 bits per heavy atom. The number of nitrogens with zero attached hydrogens (tertiary/aromatic N) is 1. The first-order chi connectivity index (χ1) is 25.8. The maximum Gasteiger partial charge on any atom is 0.135 e. The van der Waals surface area contributed by atoms with Gasteiger partial charge in [-0.2, -0.15) is 0 Å². The van der Waals surface area contributed by atoms with Crippen LogP contribution < -0.4 is 4.90 Å². The van der Waals surface area contributed by atoms with Crippen molar-refractivity contribution in [1.82, 2.24) is 0 Å². The Labute approximate surface area is 304 Å². The first-order valence-corrected chi connectivity index (χ1v) is 19.0. The predicted octanol–water partition coefficient (Wildman–Crippen LogP) is 13.3. The average Bonchev–Trinajstić information content (AvgIpc) is 4.03. The van der Waals surface area contributed by atoms with E-state index in [4.69, 9.17) is 4.42 Å². The second-order valence-corrected chi connectivity index (χ2v) is 15.6. The van der Waals surface area contributed by atoms with Gasteiger partial charge in [-0.15, -0.1) is 0 Å². The van der Waals surface area contributed by atoms with Gasteiger partial charge in [0.15, 0.2) is 0 Å². The predicted molar refractivity (Wildman–Crippen MR) is 213 cm³/mol. The highest BCUT2D eigenvalue weighted by atomic mass is 16.3. The molecule has 0 aliphatic heterocycles. The second kappa shape index (κ2) is 10.6. The topological polar surface area (TPSA) is 16.4 Å². The molecule has 248 valence electrons. The standard InChI is InChI=1S/C50H37NO/c1-5-13-44-37(9-1)38-10-2-6-14-45(38)50(44)46-15-7-3-11-39(46)42-29-35(23-25-47(42)50)51(34-21-19-32(20-22-34)41-28-31-17-18-33(41)27-31)36-24-26-49-43(30-36)40-12-4-8-16-48(40)52-49/h1-16,19-26,29-31,33,41H,17-18,27-28H2. The summed E-state index contributed by atoms with van der Waals surface area (Å²) in [4.78, 5) is 2.45. The molecule has 1 heterocycles. The third-order valence-corrected chi connectivity index (χ3v) is 13.2. The lowest BCUT2D eigenvalue weighted by atomic mass is 9.70. The van der Waals surface area contributed by atoms with Crippen molar-refractivity contribution in [2.75, 3.05) is 4.90 Å². The van der Waals surface area contributed by atoms with Gasteiger partial charge in [-0.1, -0.05) is 116 Å². The van der Waals surface area contributed by atoms with Gasteiger partial charge in [-0.3, -0.25) is 0 Å². The first kappa shape index (κ1) is 28.8. The van der Waals surface area contributed by atoms with Crippen molar-refractivity contribution in [1.29, 1.82) is 0 Å². The van der Waals surface area contributed by atoms with Gasteiger partial charge in [0, 0.05) is 27.8 Å². The van der Waals surface area contributed by atoms with E-state index in [-0.39, 0.29) is 5.41 Å². The van der Waals surface area contributed by atoms with E-state index >= 15 is 0 Å². The van der Waals surface area contributed by atoms with Gasteiger partial charge in [0.25, 0.3) is 0 Å². The largest absolute Gasteiger partial charge is 0.456 e. The highest BCUT2D eigenvalue weighted by Gasteiger charge is 2.51. The molecule has 3 atom stereocenters. The van der Waals surface area contributed by atoms with Crippen LogP contribution in [0.15, 0.2) is 162 Å². The van der Waals surface area contributed by atoms with Crippen molar-refractivity contribution in [3.8, 4) is 22.3 Å². The number of para-hydroxylation sites is 1. The first-order valence-electron chi connectivity index (χ1n) is 19.0. The van der Waals surface area contributed by atoms with E-state index < -0.39 is 0 Å². The summed E-state index contributed by atoms with van der Waals surface area (Å²) in [6.45, 7) is 0. The highest BCUT2D eigenvalue weighted by Crippen LogP contribution is 2.63. The van der Waals surface area contributed by atoms with E-state index in [9.17, 15) is 0 Å². The van der Waals surface area contributed by atoms with Crippen LogP contribution in [0.5, 0.6) is 0 Å². The Kier molecular flexibility index (Phi) is 5.86. The number of rotatable bonds is 4. The zero-order valence-corrected chi connectivity index (χ0v) is 28.9. The molecule has 0 N–H and O–H groups in total. The van der Waals surface area contributed by atoms with E-state index in [2.05, 4.69) is 157 Å². The minimum Gasteiger partial charge on any atom is -0.456 e. The minimum absolute atomic E-state index is 0.348. The molecule has 8 aromatic rings. The Morgan fingerprint density at radius 1 is 0.462 bits per heavy atom. The maximum atomic E-state index is 6.29. The van der Waals surface area contributed by atoms with Crippen LogP contribution in [0.1, 0.15) is 59.4 Å². The van der Waals surface area contributed by atoms with Crippen molar-refractivity contribution in [3.05, 3.63) is 186 Å². The molecule has 0 radical (unpaired) electrons. The summed E-state index contributed by atoms with van der Waals surface area (Å²) in [5.41, 5.74) is 17.2. The zero-order chi connectivity index (χ0) is 34.0. The molecule has 2 saturated carbocycles. The van der Waals surface area contributed by atoms with E-state index in [0.29, 0.717) is 5.92 Å². The third-order valence-electron chi connectivity index (χ3n) is 13.2. The van der Waals surface area contributed by atoms with Gasteiger partial charge in [-0.25, -0.2) is 0 Å². The lowest BCUT2D eigenvalue weighted by Gasteiger charge is -2.31. The number of hydrogen-bond acceptors (Lipinski definition) is 2. The van der Waals surface area contributed by atoms with Crippen molar-refractivity contribution in [3.63, 3.8) is 0 Å². The van der Waals surface area contributed by atoms with Gasteiger partial charge in [0.1, 0.15) is 11.2 Å². The number of anilines is 3. The molecule has 12 rings (SSSR count). The lowest BCUT2D eigenvalue weighted by Crippen LogP contribution is -2.25. The molecule has 4 aliphatic carbocycles. The number of fused-ring (bicyclic) bond motifs is 15. The fraction of sp³-hybridized carbons (Fsp3) is 0.160. The Hall–Kier alpha value is -5.86. The average molecular weight is 668 g/mol. The molecule has 1 aromatic heterocycles. The fourth-order valence-electron chi connectivity index (χ4n) is 11.1. The number of furan rings is 1. The van der Waals surface area contributed by atoms with Gasteiger partial charge in [0.05, 0.1) is 5.41 Å². The molecule has 0 amide bonds. The summed E-state index contributed by atoms with van der Waals surface area (Å²) in [7, 11) is 0. The molecule has 7 aromatic carbocycles. The Morgan fingerprint density at radius 2 is 1.04 bits per heavy atom. The molecular weight excluding hydrogens is 631 g/mol. The monoisotopic (exact) mass is 667 g/mol. The molecule has 2 heteroatoms. The van der Waals surface area contributed by atoms with Crippen LogP contribution in [-0.2, 0) is 5.41 Å². The van der Waals surface area contributed by atoms with Crippen molar-refractivity contribution < 1.29 is 4.42 Å². The molecular formula is C50H37NO. The summed E-state index contributed by atoms with van der Waals surface area (Å²) in [6, 6.07) is 59.1. The normalized spacial score (nSPS) is 20.0. The third kappa shape index (κ3) is 3.79. The SMILES string of the molecule is c1ccc2c(c1)-c1ccccc1C21c2ccccc2-c2cc(N(c3ccc(C4CC5CCC4C5)cc3)c3ccc4oc5ccccc5c4c3)ccc21. The number of hydrogen-bond donors (Lipinski definition) is 0. The summed E-state index contributed by atoms with van der Waals surface area (Å²) in [5.74, 6) is 2.50. The van der Waals surface area contributed by atoms with Crippen LogP contribution in [0.25, 0.3) is 44.2 Å². The van der Waals surface area contributed by atoms with Crippen LogP contribution in [-0.4, -0.2) is 0 Å². The molecule has 1 spiro atoms. The summed E-state index contributed by atoms with van der Waals surface area (Å²) in [5, 5.41) is 2.29. The zero-order valence-electron chi connectivity index (χ0n) is 28.9. The summed E-state index contributed by atoms with van der Waals surface area (Å²) in [6.07, 6.45) is 5.60. The van der Waals surface area contributed by atoms with Crippen molar-refractivity contribution in [2.24, 2.45) is 11.8 Å². The molecule has 2 bridgehead atoms. The quantitative estimate of drug-likeness (QED) is 0.186. The molecule has 52 heavy (non-hydrogen) atoms. The molecule has 4 aliphatic rings. The van der Waals surface area contributed by atoms with E-state index in [1.807, 2.05) is 6.07 Å². The van der Waals surface area contributed by atoms with Gasteiger partial charge >= 0.3 is 0 Å². The summed E-state index contributed by atoms with van der Waals surface area (Å²) >= 11 is 0. The fourth-order valence-corrected chi connectivity index (χ4v) is 11.1. The van der Waals surface area contributed by atoms with Crippen LogP contribution in [0, 0.1) is 11.8 Å². The van der Waals surface area contributed by atoms with Crippen LogP contribution in [0.4, 0.5) is 17.1 Å². The van der Waals surface area contributed by atoms with Crippen LogP contribution in [0.2, 0.25) is 0 Å². The molecule has 0 saturated heterocycles. The highest BCUT2D eigenvalue weighted by molar-refractivity contribution is 6.06. The minimum atomic E-state index is -0.348. The van der Waals surface area contributed by atoms with Gasteiger partial charge in [0.2, 0.25) is 0 Å². The Balaban J connectivity index is 1.06. The molecule has 3 unspecified atom stereocenters. The van der Waals surface area contributed by atoms with Gasteiger partial charge < -0.3 is 9.32 Å². The van der Waals surface area contributed by atoms with Crippen molar-refractivity contribution in [2.45, 2.75) is 37.0 Å². The smallest absolute Gasteiger partial charge is 0.135 e. The number of benzene rings is 7.